The number of benzene rings is 3. The average Bonchev–Trinajstić information content (AvgIpc) is 2.87. The summed E-state index contributed by atoms with van der Waals surface area (Å²) in [5, 5.41) is 3.17. The molecule has 0 unspecified atom stereocenters. The van der Waals surface area contributed by atoms with Crippen LogP contribution in [0, 0.1) is 0 Å². The first-order chi connectivity index (χ1) is 16.8. The van der Waals surface area contributed by atoms with Crippen LogP contribution >= 0.6 is 11.6 Å². The highest BCUT2D eigenvalue weighted by Crippen LogP contribution is 2.35. The highest BCUT2D eigenvalue weighted by Gasteiger charge is 2.30. The molecule has 0 bridgehead atoms. The predicted molar refractivity (Wildman–Crippen MR) is 133 cm³/mol. The van der Waals surface area contributed by atoms with Crippen molar-refractivity contribution in [3.05, 3.63) is 77.3 Å². The number of carbonyl (C=O) groups excluding carboxylic acids is 1. The minimum Gasteiger partial charge on any atom is -0.495 e. The zero-order valence-electron chi connectivity index (χ0n) is 19.2. The standard InChI is InChI=1S/C25H25ClN2O6S/c1-17(18-8-10-23-24(14-18)34-13-12-33-23)27-25(29)16-28(21-15-19(26)9-11-22(21)32-2)35(30,31)20-6-4-3-5-7-20/h3-11,14-15,17H,12-13,16H2,1-2H3,(H,27,29)/t17-/m1/s1. The van der Waals surface area contributed by atoms with E-state index in [-0.39, 0.29) is 16.3 Å². The van der Waals surface area contributed by atoms with E-state index in [9.17, 15) is 13.2 Å². The molecule has 0 spiro atoms. The lowest BCUT2D eigenvalue weighted by atomic mass is 10.1. The van der Waals surface area contributed by atoms with Gasteiger partial charge in [0.2, 0.25) is 5.91 Å². The Bertz CT molecular complexity index is 1320. The molecule has 0 aliphatic carbocycles. The molecule has 1 amide bonds. The number of hydrogen-bond donors (Lipinski definition) is 1. The number of sulfonamides is 1. The molecular formula is C25H25ClN2O6S. The molecule has 0 aromatic heterocycles. The van der Waals surface area contributed by atoms with E-state index >= 15 is 0 Å². The van der Waals surface area contributed by atoms with Crippen LogP contribution in [-0.2, 0) is 14.8 Å². The molecule has 3 aromatic carbocycles. The Labute approximate surface area is 209 Å². The second-order valence-corrected chi connectivity index (χ2v) is 10.1. The van der Waals surface area contributed by atoms with Crippen molar-refractivity contribution in [3.63, 3.8) is 0 Å². The van der Waals surface area contributed by atoms with Crippen molar-refractivity contribution in [3.8, 4) is 17.2 Å². The molecule has 0 radical (unpaired) electrons. The van der Waals surface area contributed by atoms with Gasteiger partial charge in [-0.25, -0.2) is 8.42 Å². The Morgan fingerprint density at radius 2 is 1.77 bits per heavy atom. The van der Waals surface area contributed by atoms with E-state index in [1.54, 1.807) is 49.4 Å². The van der Waals surface area contributed by atoms with Gasteiger partial charge in [-0.1, -0.05) is 35.9 Å². The highest BCUT2D eigenvalue weighted by atomic mass is 35.5. The van der Waals surface area contributed by atoms with Gasteiger partial charge in [-0.05, 0) is 55.0 Å². The van der Waals surface area contributed by atoms with Crippen LogP contribution in [0.2, 0.25) is 5.02 Å². The van der Waals surface area contributed by atoms with Crippen LogP contribution in [0.1, 0.15) is 18.5 Å². The van der Waals surface area contributed by atoms with Gasteiger partial charge in [-0.3, -0.25) is 9.10 Å². The molecule has 1 aliphatic heterocycles. The molecule has 184 valence electrons. The van der Waals surface area contributed by atoms with Gasteiger partial charge < -0.3 is 19.5 Å². The minimum atomic E-state index is -4.11. The quantitative estimate of drug-likeness (QED) is 0.482. The lowest BCUT2D eigenvalue weighted by Crippen LogP contribution is -2.41. The first kappa shape index (κ1) is 24.7. The van der Waals surface area contributed by atoms with Crippen LogP contribution < -0.4 is 23.8 Å². The van der Waals surface area contributed by atoms with Crippen molar-refractivity contribution in [2.24, 2.45) is 0 Å². The van der Waals surface area contributed by atoms with Crippen molar-refractivity contribution < 1.29 is 27.4 Å². The van der Waals surface area contributed by atoms with Gasteiger partial charge in [-0.15, -0.1) is 0 Å². The summed E-state index contributed by atoms with van der Waals surface area (Å²) in [7, 11) is -2.69. The number of rotatable bonds is 8. The SMILES string of the molecule is COc1ccc(Cl)cc1N(CC(=O)N[C@H](C)c1ccc2c(c1)OCCO2)S(=O)(=O)c1ccccc1. The van der Waals surface area contributed by atoms with Crippen LogP contribution in [0.5, 0.6) is 17.2 Å². The third kappa shape index (κ3) is 5.47. The number of halogens is 1. The van der Waals surface area contributed by atoms with Crippen LogP contribution in [0.25, 0.3) is 0 Å². The van der Waals surface area contributed by atoms with Gasteiger partial charge >= 0.3 is 0 Å². The maximum atomic E-state index is 13.6. The summed E-state index contributed by atoms with van der Waals surface area (Å²) in [4.78, 5) is 13.2. The first-order valence-electron chi connectivity index (χ1n) is 10.9. The first-order valence-corrected chi connectivity index (χ1v) is 12.7. The highest BCUT2D eigenvalue weighted by molar-refractivity contribution is 7.92. The van der Waals surface area contributed by atoms with Crippen molar-refractivity contribution in [1.82, 2.24) is 5.32 Å². The van der Waals surface area contributed by atoms with E-state index in [2.05, 4.69) is 5.32 Å². The number of anilines is 1. The number of nitrogens with zero attached hydrogens (tertiary/aromatic N) is 1. The molecular weight excluding hydrogens is 492 g/mol. The van der Waals surface area contributed by atoms with Gasteiger partial charge in [0, 0.05) is 5.02 Å². The number of fused-ring (bicyclic) bond motifs is 1. The molecule has 0 fully saturated rings. The molecule has 4 rings (SSSR count). The molecule has 10 heteroatoms. The molecule has 1 aliphatic rings. The van der Waals surface area contributed by atoms with E-state index in [4.69, 9.17) is 25.8 Å². The van der Waals surface area contributed by atoms with Crippen LogP contribution in [0.15, 0.2) is 71.6 Å². The lowest BCUT2D eigenvalue weighted by molar-refractivity contribution is -0.120. The van der Waals surface area contributed by atoms with Gasteiger partial charge in [0.25, 0.3) is 10.0 Å². The fourth-order valence-corrected chi connectivity index (χ4v) is 5.32. The predicted octanol–water partition coefficient (Wildman–Crippen LogP) is 4.19. The number of methoxy groups -OCH3 is 1. The summed E-state index contributed by atoms with van der Waals surface area (Å²) in [6, 6.07) is 17.5. The Hall–Kier alpha value is -3.43. The summed E-state index contributed by atoms with van der Waals surface area (Å²) in [6.07, 6.45) is 0. The summed E-state index contributed by atoms with van der Waals surface area (Å²) < 4.78 is 44.7. The largest absolute Gasteiger partial charge is 0.495 e. The molecule has 1 N–H and O–H groups in total. The van der Waals surface area contributed by atoms with Crippen LogP contribution in [0.4, 0.5) is 5.69 Å². The van der Waals surface area contributed by atoms with Crippen molar-refractivity contribution in [2.45, 2.75) is 17.9 Å². The van der Waals surface area contributed by atoms with Gasteiger partial charge in [0.15, 0.2) is 11.5 Å². The summed E-state index contributed by atoms with van der Waals surface area (Å²) in [6.45, 7) is 2.25. The average molecular weight is 517 g/mol. The second kappa shape index (κ2) is 10.5. The third-order valence-electron chi connectivity index (χ3n) is 5.47. The molecule has 0 saturated carbocycles. The Morgan fingerprint density at radius 1 is 1.06 bits per heavy atom. The van der Waals surface area contributed by atoms with E-state index < -0.39 is 28.5 Å². The van der Waals surface area contributed by atoms with Gasteiger partial charge in [0.1, 0.15) is 25.5 Å². The Morgan fingerprint density at radius 3 is 2.49 bits per heavy atom. The van der Waals surface area contributed by atoms with E-state index in [1.807, 2.05) is 6.07 Å². The van der Waals surface area contributed by atoms with Crippen LogP contribution in [-0.4, -0.2) is 41.2 Å². The fraction of sp³-hybridized carbons (Fsp3) is 0.240. The molecule has 35 heavy (non-hydrogen) atoms. The maximum absolute atomic E-state index is 13.6. The number of nitrogens with one attached hydrogen (secondary N) is 1. The van der Waals surface area contributed by atoms with Gasteiger partial charge in [-0.2, -0.15) is 0 Å². The number of hydrogen-bond acceptors (Lipinski definition) is 6. The fourth-order valence-electron chi connectivity index (χ4n) is 3.71. The summed E-state index contributed by atoms with van der Waals surface area (Å²) in [5.41, 5.74) is 0.950. The second-order valence-electron chi connectivity index (χ2n) is 7.83. The smallest absolute Gasteiger partial charge is 0.264 e. The zero-order valence-corrected chi connectivity index (χ0v) is 20.8. The molecule has 1 heterocycles. The maximum Gasteiger partial charge on any atom is 0.264 e. The normalized spacial score (nSPS) is 13.6. The van der Waals surface area contributed by atoms with E-state index in [0.29, 0.717) is 29.7 Å². The van der Waals surface area contributed by atoms with E-state index in [0.717, 1.165) is 9.87 Å². The minimum absolute atomic E-state index is 0.0368. The van der Waals surface area contributed by atoms with Gasteiger partial charge in [0.05, 0.1) is 23.7 Å². The molecule has 0 saturated heterocycles. The topological polar surface area (TPSA) is 94.2 Å². The molecule has 1 atom stereocenters. The van der Waals surface area contributed by atoms with Crippen molar-refractivity contribution in [2.75, 3.05) is 31.2 Å². The Balaban J connectivity index is 1.62. The lowest BCUT2D eigenvalue weighted by Gasteiger charge is -2.27. The summed E-state index contributed by atoms with van der Waals surface area (Å²) >= 11 is 6.17. The Kier molecular flexibility index (Phi) is 7.37. The number of amides is 1. The molecule has 8 nitrogen and oxygen atoms in total. The summed E-state index contributed by atoms with van der Waals surface area (Å²) in [5.74, 6) is 1.01. The monoisotopic (exact) mass is 516 g/mol. The number of carbonyl (C=O) groups is 1. The third-order valence-corrected chi connectivity index (χ3v) is 7.48. The van der Waals surface area contributed by atoms with Crippen LogP contribution in [0.3, 0.4) is 0 Å². The number of ether oxygens (including phenoxy) is 3. The zero-order chi connectivity index (χ0) is 25.0. The van der Waals surface area contributed by atoms with Crippen molar-refractivity contribution in [1.29, 1.82) is 0 Å². The van der Waals surface area contributed by atoms with Crippen molar-refractivity contribution >= 4 is 33.2 Å². The van der Waals surface area contributed by atoms with E-state index in [1.165, 1.54) is 25.3 Å². The molecule has 3 aromatic rings.